The largest absolute Gasteiger partial charge is 0.310 e. The SMILES string of the molecule is C#CCC(CC)NC1CCC(C)(C)C1. The molecular weight excluding hydrogens is 170 g/mol. The highest BCUT2D eigenvalue weighted by Crippen LogP contribution is 2.37. The van der Waals surface area contributed by atoms with Crippen molar-refractivity contribution in [3.05, 3.63) is 0 Å². The number of hydrogen-bond donors (Lipinski definition) is 1. The summed E-state index contributed by atoms with van der Waals surface area (Å²) in [5.41, 5.74) is 0.534. The van der Waals surface area contributed by atoms with Crippen molar-refractivity contribution in [3.63, 3.8) is 0 Å². The highest BCUT2D eigenvalue weighted by atomic mass is 15.0. The van der Waals surface area contributed by atoms with Crippen LogP contribution in [-0.4, -0.2) is 12.1 Å². The molecule has 0 aromatic heterocycles. The number of terminal acetylenes is 1. The second-order valence-electron chi connectivity index (χ2n) is 5.28. The zero-order valence-electron chi connectivity index (χ0n) is 9.77. The maximum Gasteiger partial charge on any atom is 0.0240 e. The fraction of sp³-hybridized carbons (Fsp3) is 0.846. The van der Waals surface area contributed by atoms with Gasteiger partial charge in [0.25, 0.3) is 0 Å². The van der Waals surface area contributed by atoms with E-state index < -0.39 is 0 Å². The van der Waals surface area contributed by atoms with Crippen molar-refractivity contribution < 1.29 is 0 Å². The molecular formula is C13H23N. The summed E-state index contributed by atoms with van der Waals surface area (Å²) < 4.78 is 0. The molecule has 1 fully saturated rings. The lowest BCUT2D eigenvalue weighted by atomic mass is 9.91. The Morgan fingerprint density at radius 3 is 2.71 bits per heavy atom. The highest BCUT2D eigenvalue weighted by molar-refractivity contribution is 4.93. The molecule has 0 aromatic carbocycles. The lowest BCUT2D eigenvalue weighted by Crippen LogP contribution is -2.36. The molecule has 1 N–H and O–H groups in total. The maximum absolute atomic E-state index is 5.34. The molecule has 0 bridgehead atoms. The summed E-state index contributed by atoms with van der Waals surface area (Å²) in [7, 11) is 0. The van der Waals surface area contributed by atoms with Crippen LogP contribution in [0.15, 0.2) is 0 Å². The van der Waals surface area contributed by atoms with E-state index in [0.717, 1.165) is 12.8 Å². The lowest BCUT2D eigenvalue weighted by molar-refractivity contribution is 0.350. The molecule has 1 rings (SSSR count). The van der Waals surface area contributed by atoms with Crippen LogP contribution >= 0.6 is 0 Å². The van der Waals surface area contributed by atoms with Gasteiger partial charge in [-0.1, -0.05) is 20.8 Å². The summed E-state index contributed by atoms with van der Waals surface area (Å²) in [6.07, 6.45) is 11.3. The van der Waals surface area contributed by atoms with Crippen LogP contribution in [0.2, 0.25) is 0 Å². The van der Waals surface area contributed by atoms with Gasteiger partial charge in [0.1, 0.15) is 0 Å². The molecule has 0 spiro atoms. The zero-order valence-corrected chi connectivity index (χ0v) is 9.77. The average Bonchev–Trinajstić information content (AvgIpc) is 2.45. The molecule has 0 aliphatic heterocycles. The number of rotatable bonds is 4. The third-order valence-corrected chi connectivity index (χ3v) is 3.30. The minimum atomic E-state index is 0.527. The van der Waals surface area contributed by atoms with Crippen LogP contribution < -0.4 is 5.32 Å². The van der Waals surface area contributed by atoms with Crippen molar-refractivity contribution in [2.75, 3.05) is 0 Å². The van der Waals surface area contributed by atoms with E-state index in [1.165, 1.54) is 19.3 Å². The van der Waals surface area contributed by atoms with E-state index in [4.69, 9.17) is 6.42 Å². The van der Waals surface area contributed by atoms with Gasteiger partial charge in [0.15, 0.2) is 0 Å². The molecule has 1 aliphatic rings. The van der Waals surface area contributed by atoms with E-state index in [2.05, 4.69) is 32.0 Å². The molecule has 1 aliphatic carbocycles. The standard InChI is InChI=1S/C13H23N/c1-5-7-11(6-2)14-12-8-9-13(3,4)10-12/h1,11-12,14H,6-10H2,2-4H3. The molecule has 0 aromatic rings. The van der Waals surface area contributed by atoms with Crippen LogP contribution in [0.25, 0.3) is 0 Å². The van der Waals surface area contributed by atoms with Gasteiger partial charge in [0, 0.05) is 18.5 Å². The van der Waals surface area contributed by atoms with Crippen LogP contribution in [0, 0.1) is 17.8 Å². The molecule has 1 nitrogen and oxygen atoms in total. The Bertz CT molecular complexity index is 212. The van der Waals surface area contributed by atoms with Gasteiger partial charge in [-0.2, -0.15) is 0 Å². The quantitative estimate of drug-likeness (QED) is 0.677. The summed E-state index contributed by atoms with van der Waals surface area (Å²) >= 11 is 0. The van der Waals surface area contributed by atoms with Gasteiger partial charge in [-0.25, -0.2) is 0 Å². The van der Waals surface area contributed by atoms with E-state index in [9.17, 15) is 0 Å². The average molecular weight is 193 g/mol. The Labute approximate surface area is 88.7 Å². The number of hydrogen-bond acceptors (Lipinski definition) is 1. The third-order valence-electron chi connectivity index (χ3n) is 3.30. The van der Waals surface area contributed by atoms with E-state index in [1.54, 1.807) is 0 Å². The predicted molar refractivity (Wildman–Crippen MR) is 62.1 cm³/mol. The van der Waals surface area contributed by atoms with Gasteiger partial charge in [-0.3, -0.25) is 0 Å². The fourth-order valence-electron chi connectivity index (χ4n) is 2.38. The monoisotopic (exact) mass is 193 g/mol. The Balaban J connectivity index is 2.34. The second kappa shape index (κ2) is 4.84. The molecule has 80 valence electrons. The predicted octanol–water partition coefficient (Wildman–Crippen LogP) is 2.96. The lowest BCUT2D eigenvalue weighted by Gasteiger charge is -2.22. The van der Waals surface area contributed by atoms with Gasteiger partial charge >= 0.3 is 0 Å². The minimum Gasteiger partial charge on any atom is -0.310 e. The van der Waals surface area contributed by atoms with Crippen LogP contribution in [0.5, 0.6) is 0 Å². The minimum absolute atomic E-state index is 0.527. The molecule has 1 saturated carbocycles. The molecule has 1 heteroatoms. The van der Waals surface area contributed by atoms with Gasteiger partial charge in [0.2, 0.25) is 0 Å². The zero-order chi connectivity index (χ0) is 10.6. The normalized spacial score (nSPS) is 27.1. The van der Waals surface area contributed by atoms with Gasteiger partial charge in [-0.15, -0.1) is 12.3 Å². The van der Waals surface area contributed by atoms with Crippen LogP contribution in [0.3, 0.4) is 0 Å². The Morgan fingerprint density at radius 1 is 1.57 bits per heavy atom. The first-order valence-corrected chi connectivity index (χ1v) is 5.77. The second-order valence-corrected chi connectivity index (χ2v) is 5.28. The fourth-order valence-corrected chi connectivity index (χ4v) is 2.38. The molecule has 0 radical (unpaired) electrons. The Morgan fingerprint density at radius 2 is 2.29 bits per heavy atom. The van der Waals surface area contributed by atoms with E-state index >= 15 is 0 Å². The van der Waals surface area contributed by atoms with Gasteiger partial charge in [-0.05, 0) is 31.1 Å². The van der Waals surface area contributed by atoms with Crippen molar-refractivity contribution in [1.29, 1.82) is 0 Å². The van der Waals surface area contributed by atoms with E-state index in [1.807, 2.05) is 0 Å². The van der Waals surface area contributed by atoms with Gasteiger partial charge in [0.05, 0.1) is 0 Å². The molecule has 2 unspecified atom stereocenters. The van der Waals surface area contributed by atoms with Crippen LogP contribution in [0.1, 0.15) is 52.9 Å². The molecule has 14 heavy (non-hydrogen) atoms. The Kier molecular flexibility index (Phi) is 4.01. The molecule has 0 amide bonds. The van der Waals surface area contributed by atoms with Crippen LogP contribution in [-0.2, 0) is 0 Å². The van der Waals surface area contributed by atoms with Crippen molar-refractivity contribution in [1.82, 2.24) is 5.32 Å². The van der Waals surface area contributed by atoms with Crippen LogP contribution in [0.4, 0.5) is 0 Å². The highest BCUT2D eigenvalue weighted by Gasteiger charge is 2.31. The van der Waals surface area contributed by atoms with Crippen molar-refractivity contribution >= 4 is 0 Å². The first-order valence-electron chi connectivity index (χ1n) is 5.77. The first-order chi connectivity index (χ1) is 6.57. The Hall–Kier alpha value is -0.480. The van der Waals surface area contributed by atoms with E-state index in [0.29, 0.717) is 17.5 Å². The van der Waals surface area contributed by atoms with Crippen molar-refractivity contribution in [2.45, 2.75) is 65.0 Å². The number of nitrogens with one attached hydrogen (secondary N) is 1. The summed E-state index contributed by atoms with van der Waals surface area (Å²) in [4.78, 5) is 0. The topological polar surface area (TPSA) is 12.0 Å². The summed E-state index contributed by atoms with van der Waals surface area (Å²) in [5.74, 6) is 2.75. The van der Waals surface area contributed by atoms with E-state index in [-0.39, 0.29) is 0 Å². The summed E-state index contributed by atoms with van der Waals surface area (Å²) in [6, 6.07) is 1.22. The molecule has 2 atom stereocenters. The summed E-state index contributed by atoms with van der Waals surface area (Å²) in [6.45, 7) is 6.92. The maximum atomic E-state index is 5.34. The van der Waals surface area contributed by atoms with Crippen molar-refractivity contribution in [3.8, 4) is 12.3 Å². The first kappa shape index (κ1) is 11.6. The van der Waals surface area contributed by atoms with Crippen molar-refractivity contribution in [2.24, 2.45) is 5.41 Å². The van der Waals surface area contributed by atoms with Gasteiger partial charge < -0.3 is 5.32 Å². The summed E-state index contributed by atoms with van der Waals surface area (Å²) in [5, 5.41) is 3.68. The molecule has 0 heterocycles. The molecule has 0 saturated heterocycles. The smallest absolute Gasteiger partial charge is 0.0240 e. The third kappa shape index (κ3) is 3.35.